The van der Waals surface area contributed by atoms with Crippen molar-refractivity contribution in [3.8, 4) is 0 Å². The van der Waals surface area contributed by atoms with Crippen LogP contribution in [0, 0.1) is 5.92 Å². The summed E-state index contributed by atoms with van der Waals surface area (Å²) in [5.41, 5.74) is 5.87. The van der Waals surface area contributed by atoms with Gasteiger partial charge in [-0.25, -0.2) is 32.7 Å². The second-order valence-electron chi connectivity index (χ2n) is 9.02. The number of aromatic nitrogens is 3. The normalized spacial score (nSPS) is 19.4. The number of hydrogen-bond donors (Lipinski definition) is 4. The Labute approximate surface area is 205 Å². The summed E-state index contributed by atoms with van der Waals surface area (Å²) >= 11 is 0. The van der Waals surface area contributed by atoms with Crippen LogP contribution in [-0.2, 0) is 14.8 Å². The minimum atomic E-state index is -3.23. The number of nitrogens with two attached hydrogens (primary N) is 1. The summed E-state index contributed by atoms with van der Waals surface area (Å²) in [7, 11) is 0.141. The highest BCUT2D eigenvalue weighted by atomic mass is 32.2. The first kappa shape index (κ1) is 26.8. The second-order valence-corrected chi connectivity index (χ2v) is 11.0. The van der Waals surface area contributed by atoms with Crippen LogP contribution in [0.3, 0.4) is 0 Å². The van der Waals surface area contributed by atoms with E-state index in [0.717, 1.165) is 25.7 Å². The van der Waals surface area contributed by atoms with E-state index in [4.69, 9.17) is 5.73 Å². The van der Waals surface area contributed by atoms with Gasteiger partial charge in [-0.3, -0.25) is 4.57 Å². The van der Waals surface area contributed by atoms with Crippen molar-refractivity contribution in [1.82, 2.24) is 24.6 Å². The predicted octanol–water partition coefficient (Wildman–Crippen LogP) is 1.12. The molecule has 0 saturated heterocycles. The van der Waals surface area contributed by atoms with Gasteiger partial charge in [-0.05, 0) is 70.5 Å². The average molecular weight is 510 g/mol. The Hall–Kier alpha value is -2.77. The lowest BCUT2D eigenvalue weighted by molar-refractivity contribution is -0.139. The molecule has 1 atom stereocenters. The van der Waals surface area contributed by atoms with E-state index < -0.39 is 28.1 Å². The highest BCUT2D eigenvalue weighted by Gasteiger charge is 2.29. The number of nitrogens with zero attached hydrogens (tertiary/aromatic N) is 4. The zero-order chi connectivity index (χ0) is 25.6. The number of amides is 1. The van der Waals surface area contributed by atoms with Crippen LogP contribution in [0.25, 0.3) is 11.0 Å². The summed E-state index contributed by atoms with van der Waals surface area (Å²) in [5, 5.41) is 12.7. The lowest BCUT2D eigenvalue weighted by Gasteiger charge is -2.35. The molecule has 1 aliphatic rings. The molecule has 1 aliphatic carbocycles. The first-order valence-electron chi connectivity index (χ1n) is 11.9. The number of carboxylic acid groups (broad SMARTS) is 1. The molecule has 0 aromatic carbocycles. The number of unbranched alkanes of at least 4 members (excludes halogenated alkanes) is 1. The van der Waals surface area contributed by atoms with E-state index in [1.54, 1.807) is 12.3 Å². The molecule has 2 aromatic rings. The molecule has 194 valence electrons. The largest absolute Gasteiger partial charge is 0.480 e. The molecule has 1 saturated carbocycles. The molecular weight excluding hydrogens is 474 g/mol. The number of carbonyl (C=O) groups excluding carboxylic acids is 1. The van der Waals surface area contributed by atoms with Gasteiger partial charge < -0.3 is 21.1 Å². The molecule has 1 fully saturated rings. The van der Waals surface area contributed by atoms with Crippen LogP contribution in [0.5, 0.6) is 0 Å². The van der Waals surface area contributed by atoms with Crippen LogP contribution in [-0.4, -0.2) is 78.5 Å². The lowest BCUT2D eigenvalue weighted by Crippen LogP contribution is -2.42. The van der Waals surface area contributed by atoms with Crippen LogP contribution < -0.4 is 20.7 Å². The van der Waals surface area contributed by atoms with E-state index in [2.05, 4.69) is 24.9 Å². The molecule has 13 heteroatoms. The topological polar surface area (TPSA) is 173 Å². The van der Waals surface area contributed by atoms with Crippen molar-refractivity contribution in [2.24, 2.45) is 11.7 Å². The number of fused-ring (bicyclic) bond motifs is 1. The number of anilines is 1. The molecule has 3 rings (SSSR count). The zero-order valence-corrected chi connectivity index (χ0v) is 21.0. The number of hydrogen-bond acceptors (Lipinski definition) is 8. The van der Waals surface area contributed by atoms with Crippen molar-refractivity contribution in [3.63, 3.8) is 0 Å². The maximum absolute atomic E-state index is 12.9. The lowest BCUT2D eigenvalue weighted by atomic mass is 9.86. The number of sulfonamides is 1. The van der Waals surface area contributed by atoms with Gasteiger partial charge in [0, 0.05) is 19.3 Å². The van der Waals surface area contributed by atoms with E-state index in [1.807, 2.05) is 7.05 Å². The van der Waals surface area contributed by atoms with Gasteiger partial charge in [-0.1, -0.05) is 0 Å². The number of carbonyl (C=O) groups is 2. The van der Waals surface area contributed by atoms with Gasteiger partial charge in [0.1, 0.15) is 18.2 Å². The molecule has 2 aromatic heterocycles. The second kappa shape index (κ2) is 11.8. The SMILES string of the molecule is CNS(=O)(=O)CC1CCC(N(C)c2ncnc3c2ccn3C(=O)N[C@@H](CCCCN)C(=O)O)CC1. The monoisotopic (exact) mass is 509 g/mol. The maximum atomic E-state index is 12.9. The predicted molar refractivity (Wildman–Crippen MR) is 133 cm³/mol. The van der Waals surface area contributed by atoms with Gasteiger partial charge in [0.2, 0.25) is 10.0 Å². The number of carboxylic acids is 1. The fraction of sp³-hybridized carbons (Fsp3) is 0.636. The van der Waals surface area contributed by atoms with Gasteiger partial charge >= 0.3 is 12.0 Å². The molecule has 0 aliphatic heterocycles. The highest BCUT2D eigenvalue weighted by Crippen LogP contribution is 2.32. The average Bonchev–Trinajstić information content (AvgIpc) is 3.27. The third-order valence-corrected chi connectivity index (χ3v) is 8.22. The summed E-state index contributed by atoms with van der Waals surface area (Å²) in [6.07, 6.45) is 7.78. The Morgan fingerprint density at radius 2 is 1.97 bits per heavy atom. The summed E-state index contributed by atoms with van der Waals surface area (Å²) in [6, 6.07) is 0.338. The molecule has 5 N–H and O–H groups in total. The van der Waals surface area contributed by atoms with Crippen LogP contribution in [0.1, 0.15) is 44.9 Å². The van der Waals surface area contributed by atoms with E-state index in [9.17, 15) is 23.1 Å². The zero-order valence-electron chi connectivity index (χ0n) is 20.2. The van der Waals surface area contributed by atoms with Crippen LogP contribution in [0.2, 0.25) is 0 Å². The summed E-state index contributed by atoms with van der Waals surface area (Å²) in [5.74, 6) is -0.163. The molecular formula is C22H35N7O5S. The van der Waals surface area contributed by atoms with Crippen LogP contribution >= 0.6 is 0 Å². The maximum Gasteiger partial charge on any atom is 0.327 e. The fourth-order valence-electron chi connectivity index (χ4n) is 4.62. The standard InChI is InChI=1S/C22H35N7O5S/c1-24-35(33,34)13-15-6-8-16(9-7-15)28(2)19-17-10-12-29(20(17)26-14-25-19)22(32)27-18(21(30)31)5-3-4-11-23/h10,12,14-16,18,24H,3-9,11,13,23H2,1-2H3,(H,27,32)(H,30,31)/t15?,16?,18-/m0/s1. The van der Waals surface area contributed by atoms with Gasteiger partial charge in [-0.15, -0.1) is 0 Å². The highest BCUT2D eigenvalue weighted by molar-refractivity contribution is 7.89. The molecule has 0 radical (unpaired) electrons. The van der Waals surface area contributed by atoms with Crippen LogP contribution in [0.15, 0.2) is 18.6 Å². The molecule has 1 amide bonds. The van der Waals surface area contributed by atoms with E-state index in [1.165, 1.54) is 17.9 Å². The molecule has 0 unspecified atom stereocenters. The first-order valence-corrected chi connectivity index (χ1v) is 13.5. The Morgan fingerprint density at radius 1 is 1.26 bits per heavy atom. The third kappa shape index (κ3) is 6.67. The first-order chi connectivity index (χ1) is 16.7. The minimum absolute atomic E-state index is 0.124. The minimum Gasteiger partial charge on any atom is -0.480 e. The van der Waals surface area contributed by atoms with E-state index >= 15 is 0 Å². The molecule has 12 nitrogen and oxygen atoms in total. The molecule has 35 heavy (non-hydrogen) atoms. The Kier molecular flexibility index (Phi) is 9.03. The quantitative estimate of drug-likeness (QED) is 0.324. The molecule has 0 bridgehead atoms. The van der Waals surface area contributed by atoms with Crippen molar-refractivity contribution in [2.75, 3.05) is 31.3 Å². The van der Waals surface area contributed by atoms with Crippen LogP contribution in [0.4, 0.5) is 10.6 Å². The summed E-state index contributed by atoms with van der Waals surface area (Å²) in [6.45, 7) is 0.465. The summed E-state index contributed by atoms with van der Waals surface area (Å²) in [4.78, 5) is 35.2. The molecule has 0 spiro atoms. The number of aliphatic carboxylic acids is 1. The van der Waals surface area contributed by atoms with Crippen molar-refractivity contribution < 1.29 is 23.1 Å². The van der Waals surface area contributed by atoms with Gasteiger partial charge in [-0.2, -0.15) is 0 Å². The number of rotatable bonds is 11. The van der Waals surface area contributed by atoms with Gasteiger partial charge in [0.05, 0.1) is 11.1 Å². The van der Waals surface area contributed by atoms with Crippen molar-refractivity contribution in [1.29, 1.82) is 0 Å². The van der Waals surface area contributed by atoms with Crippen molar-refractivity contribution >= 4 is 38.9 Å². The number of nitrogens with one attached hydrogen (secondary N) is 2. The Morgan fingerprint density at radius 3 is 2.60 bits per heavy atom. The Balaban J connectivity index is 1.71. The van der Waals surface area contributed by atoms with E-state index in [0.29, 0.717) is 42.7 Å². The third-order valence-electron chi connectivity index (χ3n) is 6.69. The van der Waals surface area contributed by atoms with Gasteiger partial charge in [0.15, 0.2) is 5.65 Å². The van der Waals surface area contributed by atoms with Crippen molar-refractivity contribution in [2.45, 2.75) is 57.0 Å². The molecule has 2 heterocycles. The van der Waals surface area contributed by atoms with Gasteiger partial charge in [0.25, 0.3) is 0 Å². The summed E-state index contributed by atoms with van der Waals surface area (Å²) < 4.78 is 27.4. The Bertz CT molecular complexity index is 1130. The smallest absolute Gasteiger partial charge is 0.327 e. The van der Waals surface area contributed by atoms with Crippen molar-refractivity contribution in [3.05, 3.63) is 18.6 Å². The van der Waals surface area contributed by atoms with E-state index in [-0.39, 0.29) is 17.7 Å². The fourth-order valence-corrected chi connectivity index (χ4v) is 5.74.